The summed E-state index contributed by atoms with van der Waals surface area (Å²) in [6.45, 7) is 1.22. The maximum atomic E-state index is 11.9. The van der Waals surface area contributed by atoms with Crippen LogP contribution < -0.4 is 20.9 Å². The van der Waals surface area contributed by atoms with E-state index in [1.54, 1.807) is 31.2 Å². The number of halogens is 1. The van der Waals surface area contributed by atoms with Crippen molar-refractivity contribution < 1.29 is 23.5 Å². The molecule has 1 atom stereocenters. The number of furan rings is 1. The van der Waals surface area contributed by atoms with Crippen LogP contribution in [0.1, 0.15) is 17.5 Å². The van der Waals surface area contributed by atoms with Gasteiger partial charge in [-0.2, -0.15) is 0 Å². The van der Waals surface area contributed by atoms with Gasteiger partial charge in [0.25, 0.3) is 17.7 Å². The molecule has 0 fully saturated rings. The molecule has 0 aliphatic heterocycles. The van der Waals surface area contributed by atoms with Crippen molar-refractivity contribution in [2.45, 2.75) is 13.0 Å². The summed E-state index contributed by atoms with van der Waals surface area (Å²) >= 11 is 3.30. The SMILES string of the molecule is C[C@@H](Oc1cccc(Br)c1)C(=O)NNC(=O)CNC(=O)c1ccco1. The summed E-state index contributed by atoms with van der Waals surface area (Å²) in [5, 5.41) is 2.35. The zero-order chi connectivity index (χ0) is 18.2. The molecular weight excluding hydrogens is 394 g/mol. The van der Waals surface area contributed by atoms with Crippen LogP contribution >= 0.6 is 15.9 Å². The summed E-state index contributed by atoms with van der Waals surface area (Å²) in [6, 6.07) is 10.0. The Bertz CT molecular complexity index is 748. The predicted molar refractivity (Wildman–Crippen MR) is 91.6 cm³/mol. The Kier molecular flexibility index (Phi) is 6.58. The second-order valence-electron chi connectivity index (χ2n) is 4.91. The number of benzene rings is 1. The average molecular weight is 410 g/mol. The second kappa shape index (κ2) is 8.88. The van der Waals surface area contributed by atoms with Gasteiger partial charge < -0.3 is 14.5 Å². The number of hydrazine groups is 1. The monoisotopic (exact) mass is 409 g/mol. The molecule has 2 rings (SSSR count). The van der Waals surface area contributed by atoms with Gasteiger partial charge in [-0.1, -0.05) is 22.0 Å². The maximum absolute atomic E-state index is 11.9. The molecule has 3 amide bonds. The van der Waals surface area contributed by atoms with E-state index in [9.17, 15) is 14.4 Å². The van der Waals surface area contributed by atoms with Gasteiger partial charge in [0.05, 0.1) is 12.8 Å². The fourth-order valence-corrected chi connectivity index (χ4v) is 2.11. The van der Waals surface area contributed by atoms with Crippen LogP contribution in [0.4, 0.5) is 0 Å². The topological polar surface area (TPSA) is 110 Å². The van der Waals surface area contributed by atoms with Crippen LogP contribution in [0.3, 0.4) is 0 Å². The highest BCUT2D eigenvalue weighted by Gasteiger charge is 2.16. The molecule has 0 bridgehead atoms. The van der Waals surface area contributed by atoms with Gasteiger partial charge in [-0.15, -0.1) is 0 Å². The molecule has 1 aromatic heterocycles. The zero-order valence-corrected chi connectivity index (χ0v) is 14.8. The third-order valence-corrected chi connectivity index (χ3v) is 3.45. The van der Waals surface area contributed by atoms with Crippen LogP contribution in [0, 0.1) is 0 Å². The predicted octanol–water partition coefficient (Wildman–Crippen LogP) is 1.39. The van der Waals surface area contributed by atoms with Gasteiger partial charge in [0, 0.05) is 4.47 Å². The number of hydrogen-bond donors (Lipinski definition) is 3. The number of nitrogens with one attached hydrogen (secondary N) is 3. The number of rotatable bonds is 6. The molecule has 0 spiro atoms. The van der Waals surface area contributed by atoms with Gasteiger partial charge in [0.1, 0.15) is 5.75 Å². The molecule has 0 unspecified atom stereocenters. The number of amides is 3. The molecular formula is C16H16BrN3O5. The minimum atomic E-state index is -0.827. The first kappa shape index (κ1) is 18.5. The Morgan fingerprint density at radius 2 is 2.00 bits per heavy atom. The highest BCUT2D eigenvalue weighted by molar-refractivity contribution is 9.10. The van der Waals surface area contributed by atoms with Crippen molar-refractivity contribution in [2.75, 3.05) is 6.54 Å². The molecule has 0 aliphatic carbocycles. The highest BCUT2D eigenvalue weighted by Crippen LogP contribution is 2.18. The van der Waals surface area contributed by atoms with Crippen LogP contribution in [-0.2, 0) is 9.59 Å². The molecule has 0 aliphatic rings. The van der Waals surface area contributed by atoms with E-state index in [1.807, 2.05) is 6.07 Å². The van der Waals surface area contributed by atoms with E-state index < -0.39 is 23.8 Å². The molecule has 0 saturated carbocycles. The third kappa shape index (κ3) is 5.96. The first-order chi connectivity index (χ1) is 12.0. The maximum Gasteiger partial charge on any atom is 0.287 e. The van der Waals surface area contributed by atoms with Gasteiger partial charge in [-0.25, -0.2) is 0 Å². The minimum absolute atomic E-state index is 0.0906. The molecule has 3 N–H and O–H groups in total. The zero-order valence-electron chi connectivity index (χ0n) is 13.2. The van der Waals surface area contributed by atoms with Crippen LogP contribution in [-0.4, -0.2) is 30.4 Å². The first-order valence-electron chi connectivity index (χ1n) is 7.28. The fraction of sp³-hybridized carbons (Fsp3) is 0.188. The van der Waals surface area contributed by atoms with E-state index in [4.69, 9.17) is 9.15 Å². The van der Waals surface area contributed by atoms with Gasteiger partial charge in [-0.05, 0) is 37.3 Å². The number of carbonyl (C=O) groups is 3. The van der Waals surface area contributed by atoms with Crippen molar-refractivity contribution in [3.05, 3.63) is 52.9 Å². The van der Waals surface area contributed by atoms with Gasteiger partial charge >= 0.3 is 0 Å². The Morgan fingerprint density at radius 3 is 2.68 bits per heavy atom. The lowest BCUT2D eigenvalue weighted by atomic mass is 10.3. The summed E-state index contributed by atoms with van der Waals surface area (Å²) in [7, 11) is 0. The molecule has 2 aromatic rings. The smallest absolute Gasteiger partial charge is 0.287 e. The van der Waals surface area contributed by atoms with Gasteiger partial charge in [0.2, 0.25) is 0 Å². The van der Waals surface area contributed by atoms with E-state index in [0.717, 1.165) is 4.47 Å². The average Bonchev–Trinajstić information content (AvgIpc) is 3.12. The molecule has 0 saturated heterocycles. The summed E-state index contributed by atoms with van der Waals surface area (Å²) in [4.78, 5) is 35.1. The van der Waals surface area contributed by atoms with E-state index in [0.29, 0.717) is 5.75 Å². The van der Waals surface area contributed by atoms with Crippen molar-refractivity contribution in [1.82, 2.24) is 16.2 Å². The fourth-order valence-electron chi connectivity index (χ4n) is 1.73. The lowest BCUT2D eigenvalue weighted by Gasteiger charge is -2.15. The van der Waals surface area contributed by atoms with E-state index >= 15 is 0 Å². The second-order valence-corrected chi connectivity index (χ2v) is 5.83. The normalized spacial score (nSPS) is 11.3. The third-order valence-electron chi connectivity index (χ3n) is 2.96. The molecule has 1 heterocycles. The molecule has 0 radical (unpaired) electrons. The molecule has 25 heavy (non-hydrogen) atoms. The lowest BCUT2D eigenvalue weighted by molar-refractivity contribution is -0.132. The van der Waals surface area contributed by atoms with Gasteiger partial charge in [0.15, 0.2) is 11.9 Å². The quantitative estimate of drug-likeness (QED) is 0.624. The van der Waals surface area contributed by atoms with Crippen molar-refractivity contribution in [3.63, 3.8) is 0 Å². The van der Waals surface area contributed by atoms with E-state index in [-0.39, 0.29) is 12.3 Å². The number of carbonyl (C=O) groups excluding carboxylic acids is 3. The summed E-state index contributed by atoms with van der Waals surface area (Å²) < 4.78 is 11.2. The van der Waals surface area contributed by atoms with Crippen LogP contribution in [0.15, 0.2) is 51.6 Å². The first-order valence-corrected chi connectivity index (χ1v) is 8.07. The van der Waals surface area contributed by atoms with Gasteiger partial charge in [-0.3, -0.25) is 25.2 Å². The Morgan fingerprint density at radius 1 is 1.20 bits per heavy atom. The Hall–Kier alpha value is -2.81. The van der Waals surface area contributed by atoms with Crippen molar-refractivity contribution in [2.24, 2.45) is 0 Å². The van der Waals surface area contributed by atoms with E-state index in [1.165, 1.54) is 12.3 Å². The molecule has 9 heteroatoms. The number of ether oxygens (including phenoxy) is 1. The van der Waals surface area contributed by atoms with Crippen molar-refractivity contribution in [3.8, 4) is 5.75 Å². The van der Waals surface area contributed by atoms with Crippen LogP contribution in [0.5, 0.6) is 5.75 Å². The van der Waals surface area contributed by atoms with Crippen molar-refractivity contribution in [1.29, 1.82) is 0 Å². The summed E-state index contributed by atoms with van der Waals surface area (Å²) in [6.07, 6.45) is 0.523. The summed E-state index contributed by atoms with van der Waals surface area (Å²) in [5.41, 5.74) is 4.41. The Balaban J connectivity index is 1.71. The largest absolute Gasteiger partial charge is 0.481 e. The Labute approximate surface area is 152 Å². The minimum Gasteiger partial charge on any atom is -0.481 e. The van der Waals surface area contributed by atoms with Crippen molar-refractivity contribution >= 4 is 33.7 Å². The number of hydrogen-bond acceptors (Lipinski definition) is 5. The van der Waals surface area contributed by atoms with E-state index in [2.05, 4.69) is 32.1 Å². The van der Waals surface area contributed by atoms with Crippen LogP contribution in [0.25, 0.3) is 0 Å². The summed E-state index contributed by atoms with van der Waals surface area (Å²) in [5.74, 6) is -1.06. The standard InChI is InChI=1S/C16H16BrN3O5/c1-10(25-12-5-2-4-11(17)8-12)15(22)20-19-14(21)9-18-16(23)13-6-3-7-24-13/h2-8,10H,9H2,1H3,(H,18,23)(H,19,21)(H,20,22)/t10-/m1/s1. The highest BCUT2D eigenvalue weighted by atomic mass is 79.9. The molecule has 132 valence electrons. The van der Waals surface area contributed by atoms with Crippen LogP contribution in [0.2, 0.25) is 0 Å². The molecule has 8 nitrogen and oxygen atoms in total. The lowest BCUT2D eigenvalue weighted by Crippen LogP contribution is -2.50. The molecule has 1 aromatic carbocycles.